The SMILES string of the molecule is Cc1ccc(Cl)c(OC(C)C(=O)NCc2ccc(CN3CCCC3)cc2)c1. The highest BCUT2D eigenvalue weighted by Crippen LogP contribution is 2.26. The molecule has 2 aromatic carbocycles. The molecule has 1 fully saturated rings. The third-order valence-corrected chi connectivity index (χ3v) is 5.17. The van der Waals surface area contributed by atoms with Crippen molar-refractivity contribution < 1.29 is 9.53 Å². The van der Waals surface area contributed by atoms with Gasteiger partial charge >= 0.3 is 0 Å². The number of amides is 1. The second kappa shape index (κ2) is 9.25. The van der Waals surface area contributed by atoms with E-state index in [1.165, 1.54) is 31.5 Å². The summed E-state index contributed by atoms with van der Waals surface area (Å²) in [4.78, 5) is 14.8. The Hall–Kier alpha value is -2.04. The molecule has 1 saturated heterocycles. The van der Waals surface area contributed by atoms with Gasteiger partial charge in [0.25, 0.3) is 5.91 Å². The number of rotatable bonds is 7. The number of carbonyl (C=O) groups is 1. The first kappa shape index (κ1) is 19.7. The van der Waals surface area contributed by atoms with Gasteiger partial charge in [-0.3, -0.25) is 9.69 Å². The number of hydrogen-bond acceptors (Lipinski definition) is 3. The fourth-order valence-corrected chi connectivity index (χ4v) is 3.40. The monoisotopic (exact) mass is 386 g/mol. The molecule has 2 aromatic rings. The van der Waals surface area contributed by atoms with E-state index in [0.29, 0.717) is 17.3 Å². The van der Waals surface area contributed by atoms with Crippen molar-refractivity contribution in [2.75, 3.05) is 13.1 Å². The maximum atomic E-state index is 12.3. The highest BCUT2D eigenvalue weighted by molar-refractivity contribution is 6.32. The van der Waals surface area contributed by atoms with Crippen LogP contribution >= 0.6 is 11.6 Å². The van der Waals surface area contributed by atoms with Crippen LogP contribution in [0.1, 0.15) is 36.5 Å². The highest BCUT2D eigenvalue weighted by Gasteiger charge is 2.16. The van der Waals surface area contributed by atoms with Crippen LogP contribution in [0.2, 0.25) is 5.02 Å². The molecule has 1 unspecified atom stereocenters. The van der Waals surface area contributed by atoms with E-state index in [9.17, 15) is 4.79 Å². The fraction of sp³-hybridized carbons (Fsp3) is 0.409. The first-order chi connectivity index (χ1) is 13.0. The van der Waals surface area contributed by atoms with Crippen molar-refractivity contribution in [1.82, 2.24) is 10.2 Å². The third-order valence-electron chi connectivity index (χ3n) is 4.85. The molecule has 1 aliphatic rings. The second-order valence-electron chi connectivity index (χ2n) is 7.21. The van der Waals surface area contributed by atoms with E-state index in [0.717, 1.165) is 17.7 Å². The molecule has 0 bridgehead atoms. The molecule has 1 aliphatic heterocycles. The molecule has 0 radical (unpaired) electrons. The smallest absolute Gasteiger partial charge is 0.261 e. The Kier molecular flexibility index (Phi) is 6.75. The van der Waals surface area contributed by atoms with Crippen molar-refractivity contribution in [1.29, 1.82) is 0 Å². The second-order valence-corrected chi connectivity index (χ2v) is 7.62. The summed E-state index contributed by atoms with van der Waals surface area (Å²) < 4.78 is 5.72. The average molecular weight is 387 g/mol. The van der Waals surface area contributed by atoms with Gasteiger partial charge in [0.2, 0.25) is 0 Å². The zero-order valence-corrected chi connectivity index (χ0v) is 16.8. The Bertz CT molecular complexity index is 770. The molecule has 1 atom stereocenters. The Morgan fingerprint density at radius 1 is 1.15 bits per heavy atom. The molecule has 0 aliphatic carbocycles. The van der Waals surface area contributed by atoms with Crippen LogP contribution < -0.4 is 10.1 Å². The van der Waals surface area contributed by atoms with Gasteiger partial charge in [0, 0.05) is 13.1 Å². The van der Waals surface area contributed by atoms with Gasteiger partial charge in [-0.25, -0.2) is 0 Å². The van der Waals surface area contributed by atoms with E-state index in [1.807, 2.05) is 19.1 Å². The maximum Gasteiger partial charge on any atom is 0.261 e. The summed E-state index contributed by atoms with van der Waals surface area (Å²) >= 11 is 6.13. The van der Waals surface area contributed by atoms with Crippen LogP contribution in [0.25, 0.3) is 0 Å². The van der Waals surface area contributed by atoms with E-state index in [4.69, 9.17) is 16.3 Å². The Balaban J connectivity index is 1.48. The first-order valence-electron chi connectivity index (χ1n) is 9.52. The maximum absolute atomic E-state index is 12.3. The summed E-state index contributed by atoms with van der Waals surface area (Å²) in [6, 6.07) is 14.0. The Morgan fingerprint density at radius 3 is 2.52 bits per heavy atom. The van der Waals surface area contributed by atoms with Crippen molar-refractivity contribution in [3.05, 3.63) is 64.2 Å². The van der Waals surface area contributed by atoms with Crippen molar-refractivity contribution in [3.63, 3.8) is 0 Å². The Morgan fingerprint density at radius 2 is 1.81 bits per heavy atom. The molecule has 144 valence electrons. The molecule has 1 amide bonds. The van der Waals surface area contributed by atoms with Gasteiger partial charge in [-0.05, 0) is 68.6 Å². The lowest BCUT2D eigenvalue weighted by Gasteiger charge is -2.17. The predicted molar refractivity (Wildman–Crippen MR) is 109 cm³/mol. The van der Waals surface area contributed by atoms with Crippen LogP contribution in [0.4, 0.5) is 0 Å². The number of aryl methyl sites for hydroxylation is 1. The predicted octanol–water partition coefficient (Wildman–Crippen LogP) is 4.33. The summed E-state index contributed by atoms with van der Waals surface area (Å²) in [6.45, 7) is 7.57. The molecule has 3 rings (SSSR count). The minimum absolute atomic E-state index is 0.159. The first-order valence-corrected chi connectivity index (χ1v) is 9.90. The Labute approximate surface area is 166 Å². The van der Waals surface area contributed by atoms with Crippen molar-refractivity contribution in [2.45, 2.75) is 45.9 Å². The van der Waals surface area contributed by atoms with E-state index in [2.05, 4.69) is 34.5 Å². The molecule has 1 heterocycles. The standard InChI is InChI=1S/C22H27ClN2O2/c1-16-5-10-20(23)21(13-16)27-17(2)22(26)24-14-18-6-8-19(9-7-18)15-25-11-3-4-12-25/h5-10,13,17H,3-4,11-12,14-15H2,1-2H3,(H,24,26). The number of carbonyl (C=O) groups excluding carboxylic acids is 1. The lowest BCUT2D eigenvalue weighted by Crippen LogP contribution is -2.36. The van der Waals surface area contributed by atoms with E-state index in [-0.39, 0.29) is 5.91 Å². The van der Waals surface area contributed by atoms with Gasteiger partial charge in [0.1, 0.15) is 5.75 Å². The number of nitrogens with zero attached hydrogens (tertiary/aromatic N) is 1. The minimum Gasteiger partial charge on any atom is -0.479 e. The van der Waals surface area contributed by atoms with Gasteiger partial charge < -0.3 is 10.1 Å². The van der Waals surface area contributed by atoms with Gasteiger partial charge in [-0.2, -0.15) is 0 Å². The topological polar surface area (TPSA) is 41.6 Å². The molecular weight excluding hydrogens is 360 g/mol. The van der Waals surface area contributed by atoms with Crippen molar-refractivity contribution >= 4 is 17.5 Å². The van der Waals surface area contributed by atoms with Crippen LogP contribution in [-0.2, 0) is 17.9 Å². The van der Waals surface area contributed by atoms with Crippen molar-refractivity contribution in [2.24, 2.45) is 0 Å². The van der Waals surface area contributed by atoms with Gasteiger partial charge in [0.05, 0.1) is 5.02 Å². The largest absolute Gasteiger partial charge is 0.479 e. The summed E-state index contributed by atoms with van der Waals surface area (Å²) in [7, 11) is 0. The molecule has 0 spiro atoms. The zero-order valence-electron chi connectivity index (χ0n) is 16.0. The van der Waals surface area contributed by atoms with Crippen LogP contribution in [-0.4, -0.2) is 30.0 Å². The molecule has 0 aromatic heterocycles. The number of nitrogens with one attached hydrogen (secondary N) is 1. The molecule has 5 heteroatoms. The lowest BCUT2D eigenvalue weighted by molar-refractivity contribution is -0.127. The van der Waals surface area contributed by atoms with Crippen LogP contribution in [0, 0.1) is 6.92 Å². The molecule has 0 saturated carbocycles. The number of hydrogen-bond donors (Lipinski definition) is 1. The third kappa shape index (κ3) is 5.72. The van der Waals surface area contributed by atoms with Crippen LogP contribution in [0.15, 0.2) is 42.5 Å². The molecule has 27 heavy (non-hydrogen) atoms. The van der Waals surface area contributed by atoms with E-state index in [1.54, 1.807) is 13.0 Å². The molecular formula is C22H27ClN2O2. The van der Waals surface area contributed by atoms with E-state index < -0.39 is 6.10 Å². The van der Waals surface area contributed by atoms with Gasteiger partial charge in [-0.1, -0.05) is 41.9 Å². The number of benzene rings is 2. The number of likely N-dealkylation sites (tertiary alicyclic amines) is 1. The van der Waals surface area contributed by atoms with Gasteiger partial charge in [-0.15, -0.1) is 0 Å². The number of ether oxygens (including phenoxy) is 1. The quantitative estimate of drug-likeness (QED) is 0.770. The molecule has 4 nitrogen and oxygen atoms in total. The molecule has 1 N–H and O–H groups in total. The van der Waals surface area contributed by atoms with Crippen LogP contribution in [0.5, 0.6) is 5.75 Å². The lowest BCUT2D eigenvalue weighted by atomic mass is 10.1. The summed E-state index contributed by atoms with van der Waals surface area (Å²) in [6.07, 6.45) is 2.00. The normalized spacial score (nSPS) is 15.5. The van der Waals surface area contributed by atoms with Crippen molar-refractivity contribution in [3.8, 4) is 5.75 Å². The average Bonchev–Trinajstić information content (AvgIpc) is 3.17. The van der Waals surface area contributed by atoms with E-state index >= 15 is 0 Å². The van der Waals surface area contributed by atoms with Gasteiger partial charge in [0.15, 0.2) is 6.10 Å². The summed E-state index contributed by atoms with van der Waals surface area (Å²) in [5.41, 5.74) is 3.43. The zero-order chi connectivity index (χ0) is 19.2. The minimum atomic E-state index is -0.612. The number of halogens is 1. The highest BCUT2D eigenvalue weighted by atomic mass is 35.5. The summed E-state index contributed by atoms with van der Waals surface area (Å²) in [5, 5.41) is 3.44. The summed E-state index contributed by atoms with van der Waals surface area (Å²) in [5.74, 6) is 0.374. The van der Waals surface area contributed by atoms with Crippen LogP contribution in [0.3, 0.4) is 0 Å². The fourth-order valence-electron chi connectivity index (χ4n) is 3.24.